The normalized spacial score (nSPS) is 18.9. The third-order valence-corrected chi connectivity index (χ3v) is 6.39. The molecule has 1 aromatic carbocycles. The smallest absolute Gasteiger partial charge is 0.220 e. The molecule has 0 saturated carbocycles. The van der Waals surface area contributed by atoms with Crippen LogP contribution in [-0.2, 0) is 4.79 Å². The first-order valence-corrected chi connectivity index (χ1v) is 11.2. The zero-order chi connectivity index (χ0) is 21.3. The number of carbonyl (C=O) groups excluding carboxylic acids is 1. The van der Waals surface area contributed by atoms with Crippen LogP contribution in [0, 0.1) is 5.92 Å². The van der Waals surface area contributed by atoms with Gasteiger partial charge in [-0.1, -0.05) is 12.1 Å². The minimum absolute atomic E-state index is 0. The maximum Gasteiger partial charge on any atom is 0.220 e. The first kappa shape index (κ1) is 25.7. The number of piperidine rings is 1. The Balaban J connectivity index is 0.00000341. The van der Waals surface area contributed by atoms with Gasteiger partial charge in [0, 0.05) is 40.2 Å². The molecule has 174 valence electrons. The van der Waals surface area contributed by atoms with Crippen molar-refractivity contribution in [3.8, 4) is 5.75 Å². The van der Waals surface area contributed by atoms with Crippen molar-refractivity contribution < 1.29 is 9.53 Å². The lowest BCUT2D eigenvalue weighted by Crippen LogP contribution is -2.48. The molecule has 7 nitrogen and oxygen atoms in total. The lowest BCUT2D eigenvalue weighted by atomic mass is 9.93. The molecule has 1 unspecified atom stereocenters. The van der Waals surface area contributed by atoms with E-state index in [9.17, 15) is 4.79 Å². The van der Waals surface area contributed by atoms with E-state index < -0.39 is 0 Å². The second-order valence-corrected chi connectivity index (χ2v) is 8.27. The molecule has 2 saturated heterocycles. The molecular weight excluding hydrogens is 505 g/mol. The fourth-order valence-corrected chi connectivity index (χ4v) is 4.59. The lowest BCUT2D eigenvalue weighted by molar-refractivity contribution is -0.121. The van der Waals surface area contributed by atoms with Gasteiger partial charge in [-0.25, -0.2) is 0 Å². The molecule has 2 aliphatic heterocycles. The third-order valence-electron chi connectivity index (χ3n) is 6.39. The van der Waals surface area contributed by atoms with Crippen LogP contribution in [0.15, 0.2) is 29.3 Å². The number of likely N-dealkylation sites (tertiary alicyclic amines) is 2. The third kappa shape index (κ3) is 7.24. The van der Waals surface area contributed by atoms with Gasteiger partial charge in [0.15, 0.2) is 5.96 Å². The summed E-state index contributed by atoms with van der Waals surface area (Å²) in [5, 5.41) is 6.37. The zero-order valence-corrected chi connectivity index (χ0v) is 21.4. The fourth-order valence-electron chi connectivity index (χ4n) is 4.59. The molecule has 2 aliphatic rings. The molecule has 0 aliphatic carbocycles. The maximum atomic E-state index is 11.7. The van der Waals surface area contributed by atoms with Crippen LogP contribution in [0.5, 0.6) is 5.75 Å². The minimum Gasteiger partial charge on any atom is -0.497 e. The molecule has 0 bridgehead atoms. The Morgan fingerprint density at radius 3 is 2.55 bits per heavy atom. The van der Waals surface area contributed by atoms with E-state index in [-0.39, 0.29) is 29.9 Å². The summed E-state index contributed by atoms with van der Waals surface area (Å²) in [5.41, 5.74) is 1.28. The number of methoxy groups -OCH3 is 1. The number of ether oxygens (including phenoxy) is 1. The lowest BCUT2D eigenvalue weighted by Gasteiger charge is -2.35. The molecule has 2 N–H and O–H groups in total. The highest BCUT2D eigenvalue weighted by atomic mass is 127. The number of rotatable bonds is 7. The molecule has 2 fully saturated rings. The molecule has 1 atom stereocenters. The van der Waals surface area contributed by atoms with Crippen LogP contribution in [0.2, 0.25) is 0 Å². The van der Waals surface area contributed by atoms with E-state index in [1.165, 1.54) is 18.4 Å². The van der Waals surface area contributed by atoms with Crippen LogP contribution < -0.4 is 15.4 Å². The topological polar surface area (TPSA) is 69.2 Å². The average molecular weight is 543 g/mol. The van der Waals surface area contributed by atoms with E-state index in [1.807, 2.05) is 13.1 Å². The first-order valence-electron chi connectivity index (χ1n) is 11.2. The van der Waals surface area contributed by atoms with E-state index in [1.54, 1.807) is 14.2 Å². The molecule has 2 heterocycles. The van der Waals surface area contributed by atoms with E-state index in [0.29, 0.717) is 18.4 Å². The number of amides is 1. The summed E-state index contributed by atoms with van der Waals surface area (Å²) in [7, 11) is 5.29. The first-order chi connectivity index (χ1) is 14.6. The van der Waals surface area contributed by atoms with Gasteiger partial charge < -0.3 is 20.3 Å². The summed E-state index contributed by atoms with van der Waals surface area (Å²) >= 11 is 0. The highest BCUT2D eigenvalue weighted by Gasteiger charge is 2.26. The predicted molar refractivity (Wildman–Crippen MR) is 136 cm³/mol. The highest BCUT2D eigenvalue weighted by molar-refractivity contribution is 14.0. The van der Waals surface area contributed by atoms with Crippen LogP contribution >= 0.6 is 24.0 Å². The van der Waals surface area contributed by atoms with E-state index in [4.69, 9.17) is 4.74 Å². The SMILES string of the molecule is CN=C(NCC(c1cccc(OC)c1)N1CCCC1)N1CCC(CC(=O)NC)CC1.I. The molecule has 31 heavy (non-hydrogen) atoms. The quantitative estimate of drug-likeness (QED) is 0.315. The number of nitrogens with zero attached hydrogens (tertiary/aromatic N) is 3. The summed E-state index contributed by atoms with van der Waals surface area (Å²) in [4.78, 5) is 21.1. The van der Waals surface area contributed by atoms with Gasteiger partial charge >= 0.3 is 0 Å². The number of carbonyl (C=O) groups is 1. The van der Waals surface area contributed by atoms with Crippen LogP contribution in [0.25, 0.3) is 0 Å². The highest BCUT2D eigenvalue weighted by Crippen LogP contribution is 2.27. The summed E-state index contributed by atoms with van der Waals surface area (Å²) in [6.45, 7) is 4.96. The summed E-state index contributed by atoms with van der Waals surface area (Å²) in [6, 6.07) is 8.71. The van der Waals surface area contributed by atoms with Crippen molar-refractivity contribution in [3.63, 3.8) is 0 Å². The van der Waals surface area contributed by atoms with Crippen molar-refractivity contribution in [2.75, 3.05) is 53.9 Å². The molecule has 8 heteroatoms. The van der Waals surface area contributed by atoms with Crippen molar-refractivity contribution in [1.29, 1.82) is 0 Å². The van der Waals surface area contributed by atoms with Gasteiger partial charge in [0.1, 0.15) is 5.75 Å². The van der Waals surface area contributed by atoms with Crippen LogP contribution in [-0.4, -0.2) is 75.6 Å². The van der Waals surface area contributed by atoms with Gasteiger partial charge in [-0.3, -0.25) is 14.7 Å². The summed E-state index contributed by atoms with van der Waals surface area (Å²) in [6.07, 6.45) is 5.20. The van der Waals surface area contributed by atoms with E-state index in [2.05, 4.69) is 43.6 Å². The number of guanidine groups is 1. The van der Waals surface area contributed by atoms with Crippen molar-refractivity contribution >= 4 is 35.8 Å². The van der Waals surface area contributed by atoms with Crippen LogP contribution in [0.1, 0.15) is 43.7 Å². The monoisotopic (exact) mass is 543 g/mol. The van der Waals surface area contributed by atoms with Crippen LogP contribution in [0.3, 0.4) is 0 Å². The fraction of sp³-hybridized carbons (Fsp3) is 0.652. The minimum atomic E-state index is 0. The second kappa shape index (κ2) is 13.1. The zero-order valence-electron chi connectivity index (χ0n) is 19.1. The van der Waals surface area contributed by atoms with Gasteiger partial charge in [0.05, 0.1) is 13.2 Å². The standard InChI is InChI=1S/C23H37N5O2.HI/c1-24-22(29)15-18-9-13-28(14-10-18)23(25-2)26-17-21(27-11-4-5-12-27)19-7-6-8-20(16-19)30-3;/h6-8,16,18,21H,4-5,9-15,17H2,1-3H3,(H,24,29)(H,25,26);1H. The van der Waals surface area contributed by atoms with Gasteiger partial charge in [-0.2, -0.15) is 0 Å². The van der Waals surface area contributed by atoms with Crippen molar-refractivity contribution in [1.82, 2.24) is 20.4 Å². The second-order valence-electron chi connectivity index (χ2n) is 8.27. The average Bonchev–Trinajstić information content (AvgIpc) is 3.32. The Morgan fingerprint density at radius 1 is 1.23 bits per heavy atom. The van der Waals surface area contributed by atoms with Crippen molar-refractivity contribution in [2.24, 2.45) is 10.9 Å². The molecular formula is C23H38IN5O2. The van der Waals surface area contributed by atoms with Gasteiger partial charge in [-0.15, -0.1) is 24.0 Å². The van der Waals surface area contributed by atoms with Gasteiger partial charge in [0.25, 0.3) is 0 Å². The number of hydrogen-bond acceptors (Lipinski definition) is 4. The molecule has 3 rings (SSSR count). The molecule has 1 amide bonds. The molecule has 0 aromatic heterocycles. The number of hydrogen-bond donors (Lipinski definition) is 2. The molecule has 0 spiro atoms. The molecule has 0 radical (unpaired) electrons. The maximum absolute atomic E-state index is 11.7. The number of aliphatic imine (C=N–C) groups is 1. The summed E-state index contributed by atoms with van der Waals surface area (Å²) in [5.74, 6) is 2.47. The Morgan fingerprint density at radius 2 is 1.94 bits per heavy atom. The summed E-state index contributed by atoms with van der Waals surface area (Å²) < 4.78 is 5.46. The van der Waals surface area contributed by atoms with Crippen molar-refractivity contribution in [3.05, 3.63) is 29.8 Å². The Bertz CT molecular complexity index is 716. The van der Waals surface area contributed by atoms with Crippen LogP contribution in [0.4, 0.5) is 0 Å². The van der Waals surface area contributed by atoms with Gasteiger partial charge in [-0.05, 0) is 62.4 Å². The number of halogens is 1. The Kier molecular flexibility index (Phi) is 10.9. The molecule has 1 aromatic rings. The van der Waals surface area contributed by atoms with E-state index in [0.717, 1.165) is 57.3 Å². The largest absolute Gasteiger partial charge is 0.497 e. The van der Waals surface area contributed by atoms with Gasteiger partial charge in [0.2, 0.25) is 5.91 Å². The van der Waals surface area contributed by atoms with Crippen molar-refractivity contribution in [2.45, 2.75) is 38.1 Å². The Labute approximate surface area is 204 Å². The number of benzene rings is 1. The number of nitrogens with one attached hydrogen (secondary N) is 2. The van der Waals surface area contributed by atoms with E-state index >= 15 is 0 Å². The predicted octanol–water partition coefficient (Wildman–Crippen LogP) is 2.87. The Hall–Kier alpha value is -1.55.